The molecule has 0 aromatic carbocycles. The van der Waals surface area contributed by atoms with Gasteiger partial charge in [-0.2, -0.15) is 0 Å². The van der Waals surface area contributed by atoms with E-state index in [-0.39, 0.29) is 11.8 Å². The van der Waals surface area contributed by atoms with Gasteiger partial charge in [0.15, 0.2) is 5.82 Å². The average molecular weight is 313 g/mol. The molecule has 2 aromatic heterocycles. The molecule has 0 bridgehead atoms. The molecule has 6 heteroatoms. The molecule has 1 aliphatic heterocycles. The largest absolute Gasteiger partial charge is 0.343 e. The summed E-state index contributed by atoms with van der Waals surface area (Å²) >= 11 is 0. The smallest absolute Gasteiger partial charge is 0.225 e. The van der Waals surface area contributed by atoms with E-state index in [4.69, 9.17) is 0 Å². The standard InChI is InChI=1S/C17H23N5O/c1-12(2)17(23)22-7-3-4-13(10-22)8-14-9-15(21-11-20-14)16-18-5-6-19-16/h5-6,9,11-13H,3-4,7-8,10H2,1-2H3,(H,18,19)/t13-/m0/s1. The van der Waals surface area contributed by atoms with Gasteiger partial charge in [-0.15, -0.1) is 0 Å². The van der Waals surface area contributed by atoms with Gasteiger partial charge in [0.25, 0.3) is 0 Å². The monoisotopic (exact) mass is 313 g/mol. The van der Waals surface area contributed by atoms with Gasteiger partial charge in [-0.1, -0.05) is 13.8 Å². The van der Waals surface area contributed by atoms with Crippen molar-refractivity contribution in [2.45, 2.75) is 33.1 Å². The number of nitrogens with one attached hydrogen (secondary N) is 1. The third-order valence-corrected chi connectivity index (χ3v) is 4.29. The lowest BCUT2D eigenvalue weighted by atomic mass is 9.92. The Labute approximate surface area is 136 Å². The summed E-state index contributed by atoms with van der Waals surface area (Å²) in [5, 5.41) is 0. The van der Waals surface area contributed by atoms with Crippen LogP contribution in [-0.2, 0) is 11.2 Å². The van der Waals surface area contributed by atoms with E-state index < -0.39 is 0 Å². The number of hydrogen-bond acceptors (Lipinski definition) is 4. The van der Waals surface area contributed by atoms with Gasteiger partial charge in [-0.25, -0.2) is 15.0 Å². The zero-order chi connectivity index (χ0) is 16.2. The minimum absolute atomic E-state index is 0.0679. The fourth-order valence-corrected chi connectivity index (χ4v) is 3.14. The predicted molar refractivity (Wildman–Crippen MR) is 87.5 cm³/mol. The van der Waals surface area contributed by atoms with Gasteiger partial charge in [0.2, 0.25) is 5.91 Å². The molecule has 3 heterocycles. The van der Waals surface area contributed by atoms with Crippen molar-refractivity contribution in [3.05, 3.63) is 30.5 Å². The first-order valence-electron chi connectivity index (χ1n) is 8.23. The summed E-state index contributed by atoms with van der Waals surface area (Å²) in [7, 11) is 0. The normalized spacial score (nSPS) is 18.4. The Morgan fingerprint density at radius 3 is 3.00 bits per heavy atom. The summed E-state index contributed by atoms with van der Waals surface area (Å²) in [5.41, 5.74) is 1.82. The number of piperidine rings is 1. The Morgan fingerprint density at radius 1 is 1.39 bits per heavy atom. The zero-order valence-corrected chi connectivity index (χ0v) is 13.7. The average Bonchev–Trinajstić information content (AvgIpc) is 3.09. The first kappa shape index (κ1) is 15.6. The van der Waals surface area contributed by atoms with Gasteiger partial charge >= 0.3 is 0 Å². The lowest BCUT2D eigenvalue weighted by molar-refractivity contribution is -0.136. The maximum Gasteiger partial charge on any atom is 0.225 e. The number of nitrogens with zero attached hydrogens (tertiary/aromatic N) is 4. The molecule has 3 rings (SSSR count). The number of rotatable bonds is 4. The van der Waals surface area contributed by atoms with E-state index in [0.29, 0.717) is 5.92 Å². The maximum atomic E-state index is 12.2. The molecular formula is C17H23N5O. The molecule has 6 nitrogen and oxygen atoms in total. The predicted octanol–water partition coefficient (Wildman–Crippen LogP) is 2.30. The van der Waals surface area contributed by atoms with Gasteiger partial charge in [-0.3, -0.25) is 4.79 Å². The van der Waals surface area contributed by atoms with Crippen molar-refractivity contribution in [1.29, 1.82) is 0 Å². The molecule has 1 amide bonds. The quantitative estimate of drug-likeness (QED) is 0.940. The van der Waals surface area contributed by atoms with Crippen LogP contribution in [0.3, 0.4) is 0 Å². The number of H-pyrrole nitrogens is 1. The fraction of sp³-hybridized carbons (Fsp3) is 0.529. The van der Waals surface area contributed by atoms with E-state index in [2.05, 4.69) is 19.9 Å². The summed E-state index contributed by atoms with van der Waals surface area (Å²) in [4.78, 5) is 30.2. The minimum Gasteiger partial charge on any atom is -0.343 e. The second-order valence-corrected chi connectivity index (χ2v) is 6.48. The molecule has 2 aromatic rings. The Morgan fingerprint density at radius 2 is 2.26 bits per heavy atom. The molecular weight excluding hydrogens is 290 g/mol. The molecule has 1 saturated heterocycles. The van der Waals surface area contributed by atoms with Crippen LogP contribution in [-0.4, -0.2) is 43.8 Å². The van der Waals surface area contributed by atoms with Crippen LogP contribution in [0.2, 0.25) is 0 Å². The van der Waals surface area contributed by atoms with Crippen LogP contribution in [0.25, 0.3) is 11.5 Å². The summed E-state index contributed by atoms with van der Waals surface area (Å²) < 4.78 is 0. The second-order valence-electron chi connectivity index (χ2n) is 6.48. The Kier molecular flexibility index (Phi) is 4.69. The van der Waals surface area contributed by atoms with Crippen LogP contribution >= 0.6 is 0 Å². The molecule has 0 radical (unpaired) electrons. The first-order chi connectivity index (χ1) is 11.1. The van der Waals surface area contributed by atoms with Crippen molar-refractivity contribution in [2.75, 3.05) is 13.1 Å². The van der Waals surface area contributed by atoms with Crippen LogP contribution in [0.15, 0.2) is 24.8 Å². The fourth-order valence-electron chi connectivity index (χ4n) is 3.14. The topological polar surface area (TPSA) is 74.8 Å². The highest BCUT2D eigenvalue weighted by Crippen LogP contribution is 2.22. The van der Waals surface area contributed by atoms with Crippen molar-refractivity contribution >= 4 is 5.91 Å². The van der Waals surface area contributed by atoms with Crippen molar-refractivity contribution in [2.24, 2.45) is 11.8 Å². The molecule has 1 atom stereocenters. The zero-order valence-electron chi connectivity index (χ0n) is 13.7. The van der Waals surface area contributed by atoms with Crippen molar-refractivity contribution < 1.29 is 4.79 Å². The molecule has 0 aliphatic carbocycles. The highest BCUT2D eigenvalue weighted by Gasteiger charge is 2.25. The summed E-state index contributed by atoms with van der Waals surface area (Å²) in [6, 6.07) is 1.99. The third kappa shape index (κ3) is 3.75. The van der Waals surface area contributed by atoms with Gasteiger partial charge in [0.1, 0.15) is 12.0 Å². The molecule has 1 aliphatic rings. The molecule has 122 valence electrons. The maximum absolute atomic E-state index is 12.2. The number of hydrogen-bond donors (Lipinski definition) is 1. The highest BCUT2D eigenvalue weighted by molar-refractivity contribution is 5.78. The summed E-state index contributed by atoms with van der Waals surface area (Å²) in [6.07, 6.45) is 8.17. The van der Waals surface area contributed by atoms with Gasteiger partial charge in [0.05, 0.1) is 0 Å². The minimum atomic E-state index is 0.0679. The molecule has 0 saturated carbocycles. The van der Waals surface area contributed by atoms with Gasteiger partial charge in [0, 0.05) is 37.1 Å². The highest BCUT2D eigenvalue weighted by atomic mass is 16.2. The molecule has 0 spiro atoms. The molecule has 23 heavy (non-hydrogen) atoms. The third-order valence-electron chi connectivity index (χ3n) is 4.29. The number of aromatic nitrogens is 4. The molecule has 1 fully saturated rings. The van der Waals surface area contributed by atoms with E-state index in [0.717, 1.165) is 49.6 Å². The van der Waals surface area contributed by atoms with Gasteiger partial charge < -0.3 is 9.88 Å². The Bertz CT molecular complexity index is 653. The van der Waals surface area contributed by atoms with Gasteiger partial charge in [-0.05, 0) is 31.2 Å². The second kappa shape index (κ2) is 6.89. The van der Waals surface area contributed by atoms with Crippen LogP contribution in [0.5, 0.6) is 0 Å². The number of carbonyl (C=O) groups excluding carboxylic acids is 1. The molecule has 0 unspecified atom stereocenters. The lowest BCUT2D eigenvalue weighted by Crippen LogP contribution is -2.42. The van der Waals surface area contributed by atoms with E-state index in [9.17, 15) is 4.79 Å². The summed E-state index contributed by atoms with van der Waals surface area (Å²) in [5.74, 6) is 1.55. The molecule has 1 N–H and O–H groups in total. The van der Waals surface area contributed by atoms with E-state index in [1.54, 1.807) is 18.7 Å². The SMILES string of the molecule is CC(C)C(=O)N1CCC[C@@H](Cc2cc(-c3ncc[nH]3)ncn2)C1. The number of amides is 1. The summed E-state index contributed by atoms with van der Waals surface area (Å²) in [6.45, 7) is 5.64. The first-order valence-corrected chi connectivity index (χ1v) is 8.23. The van der Waals surface area contributed by atoms with Crippen LogP contribution < -0.4 is 0 Å². The number of likely N-dealkylation sites (tertiary alicyclic amines) is 1. The van der Waals surface area contributed by atoms with Crippen LogP contribution in [0, 0.1) is 11.8 Å². The lowest BCUT2D eigenvalue weighted by Gasteiger charge is -2.33. The van der Waals surface area contributed by atoms with Crippen molar-refractivity contribution in [3.8, 4) is 11.5 Å². The van der Waals surface area contributed by atoms with E-state index >= 15 is 0 Å². The number of carbonyl (C=O) groups is 1. The number of aromatic amines is 1. The Balaban J connectivity index is 1.67. The Hall–Kier alpha value is -2.24. The van der Waals surface area contributed by atoms with Crippen molar-refractivity contribution in [3.63, 3.8) is 0 Å². The number of imidazole rings is 1. The van der Waals surface area contributed by atoms with Crippen LogP contribution in [0.4, 0.5) is 0 Å². The van der Waals surface area contributed by atoms with Crippen LogP contribution in [0.1, 0.15) is 32.4 Å². The van der Waals surface area contributed by atoms with E-state index in [1.807, 2.05) is 24.8 Å². The van der Waals surface area contributed by atoms with Crippen molar-refractivity contribution in [1.82, 2.24) is 24.8 Å². The van der Waals surface area contributed by atoms with E-state index in [1.165, 1.54) is 0 Å².